The van der Waals surface area contributed by atoms with Gasteiger partial charge >= 0.3 is 0 Å². The van der Waals surface area contributed by atoms with E-state index in [2.05, 4.69) is 20.7 Å². The Balaban J connectivity index is 1.97. The van der Waals surface area contributed by atoms with E-state index in [1.807, 2.05) is 38.1 Å². The van der Waals surface area contributed by atoms with Crippen molar-refractivity contribution in [2.75, 3.05) is 6.61 Å². The number of carbonyl (C=O) groups excluding carboxylic acids is 1. The van der Waals surface area contributed by atoms with E-state index in [4.69, 9.17) is 5.11 Å². The molecule has 0 fully saturated rings. The zero-order valence-electron chi connectivity index (χ0n) is 12.2. The maximum Gasteiger partial charge on any atom is 0.243 e. The van der Waals surface area contributed by atoms with Gasteiger partial charge in [0, 0.05) is 18.2 Å². The Morgan fingerprint density at radius 1 is 1.38 bits per heavy atom. The van der Waals surface area contributed by atoms with Gasteiger partial charge in [0.1, 0.15) is 6.54 Å². The number of aromatic nitrogens is 4. The van der Waals surface area contributed by atoms with E-state index in [0.717, 1.165) is 11.1 Å². The van der Waals surface area contributed by atoms with E-state index >= 15 is 0 Å². The molecular formula is C14H19N5O2. The van der Waals surface area contributed by atoms with E-state index in [1.54, 1.807) is 0 Å². The normalized spacial score (nSPS) is 12.1. The highest BCUT2D eigenvalue weighted by molar-refractivity contribution is 5.75. The number of carbonyl (C=O) groups is 1. The monoisotopic (exact) mass is 289 g/mol. The molecule has 1 atom stereocenters. The van der Waals surface area contributed by atoms with Gasteiger partial charge in [0.2, 0.25) is 11.7 Å². The Morgan fingerprint density at radius 2 is 2.10 bits per heavy atom. The summed E-state index contributed by atoms with van der Waals surface area (Å²) in [5.74, 6) is 0.287. The lowest BCUT2D eigenvalue weighted by Gasteiger charge is -2.11. The minimum Gasteiger partial charge on any atom is -0.396 e. The number of amides is 1. The summed E-state index contributed by atoms with van der Waals surface area (Å²) in [5.41, 5.74) is 2.02. The third-order valence-corrected chi connectivity index (χ3v) is 3.02. The van der Waals surface area contributed by atoms with Crippen molar-refractivity contribution < 1.29 is 9.90 Å². The first kappa shape index (κ1) is 15.1. The molecule has 112 valence electrons. The lowest BCUT2D eigenvalue weighted by Crippen LogP contribution is -2.36. The minimum atomic E-state index is -0.205. The maximum atomic E-state index is 11.8. The number of aliphatic hydroxyl groups excluding tert-OH is 1. The van der Waals surface area contributed by atoms with Gasteiger partial charge in [-0.2, -0.15) is 4.80 Å². The van der Waals surface area contributed by atoms with Crippen LogP contribution >= 0.6 is 0 Å². The van der Waals surface area contributed by atoms with Gasteiger partial charge in [-0.15, -0.1) is 10.2 Å². The molecule has 7 heteroatoms. The van der Waals surface area contributed by atoms with Crippen LogP contribution in [0, 0.1) is 6.92 Å². The first-order valence-corrected chi connectivity index (χ1v) is 6.83. The molecule has 0 aliphatic heterocycles. The molecule has 1 aromatic carbocycles. The van der Waals surface area contributed by atoms with Gasteiger partial charge in [0.05, 0.1) is 0 Å². The highest BCUT2D eigenvalue weighted by Crippen LogP contribution is 2.13. The quantitative estimate of drug-likeness (QED) is 0.809. The smallest absolute Gasteiger partial charge is 0.243 e. The molecular weight excluding hydrogens is 270 g/mol. The van der Waals surface area contributed by atoms with Crippen LogP contribution in [0.3, 0.4) is 0 Å². The van der Waals surface area contributed by atoms with Crippen molar-refractivity contribution in [2.45, 2.75) is 32.9 Å². The molecule has 0 bridgehead atoms. The molecule has 0 radical (unpaired) electrons. The molecule has 2 aromatic rings. The van der Waals surface area contributed by atoms with Gasteiger partial charge in [0.15, 0.2) is 0 Å². The fourth-order valence-electron chi connectivity index (χ4n) is 1.84. The molecule has 0 spiro atoms. The van der Waals surface area contributed by atoms with Crippen molar-refractivity contribution in [1.29, 1.82) is 0 Å². The molecule has 0 saturated carbocycles. The minimum absolute atomic E-state index is 0.00856. The van der Waals surface area contributed by atoms with Crippen LogP contribution in [-0.2, 0) is 11.3 Å². The van der Waals surface area contributed by atoms with Crippen LogP contribution in [0.15, 0.2) is 24.3 Å². The summed E-state index contributed by atoms with van der Waals surface area (Å²) in [6.45, 7) is 3.89. The number of nitrogens with one attached hydrogen (secondary N) is 1. The van der Waals surface area contributed by atoms with Gasteiger partial charge in [-0.05, 0) is 25.5 Å². The summed E-state index contributed by atoms with van der Waals surface area (Å²) < 4.78 is 0. The predicted octanol–water partition coefficient (Wildman–Crippen LogP) is 0.536. The Hall–Kier alpha value is -2.28. The summed E-state index contributed by atoms with van der Waals surface area (Å²) in [4.78, 5) is 13.0. The van der Waals surface area contributed by atoms with E-state index in [0.29, 0.717) is 12.2 Å². The van der Waals surface area contributed by atoms with E-state index in [9.17, 15) is 4.79 Å². The molecule has 0 aliphatic rings. The van der Waals surface area contributed by atoms with E-state index in [-0.39, 0.29) is 25.1 Å². The number of aliphatic hydroxyl groups is 1. The number of nitrogens with zero attached hydrogens (tertiary/aromatic N) is 4. The molecule has 7 nitrogen and oxygen atoms in total. The molecule has 1 unspecified atom stereocenters. The van der Waals surface area contributed by atoms with Crippen LogP contribution in [0.2, 0.25) is 0 Å². The fraction of sp³-hybridized carbons (Fsp3) is 0.429. The number of tetrazole rings is 1. The van der Waals surface area contributed by atoms with Gasteiger partial charge in [-0.1, -0.05) is 29.8 Å². The summed E-state index contributed by atoms with van der Waals surface area (Å²) in [6, 6.07) is 7.70. The first-order chi connectivity index (χ1) is 10.1. The molecule has 2 N–H and O–H groups in total. The Bertz CT molecular complexity index is 594. The number of aryl methyl sites for hydroxylation is 1. The highest BCUT2D eigenvalue weighted by Gasteiger charge is 2.11. The SMILES string of the molecule is Cc1ccc(-c2nnn(CC(=O)NC(C)CCO)n2)cc1. The molecule has 0 aliphatic carbocycles. The maximum absolute atomic E-state index is 11.8. The molecule has 0 saturated heterocycles. The van der Waals surface area contributed by atoms with Crippen molar-refractivity contribution >= 4 is 5.91 Å². The first-order valence-electron chi connectivity index (χ1n) is 6.83. The number of hydrogen-bond donors (Lipinski definition) is 2. The van der Waals surface area contributed by atoms with Crippen LogP contribution in [0.1, 0.15) is 18.9 Å². The molecule has 1 heterocycles. The topological polar surface area (TPSA) is 92.9 Å². The van der Waals surface area contributed by atoms with Crippen molar-refractivity contribution in [3.8, 4) is 11.4 Å². The summed E-state index contributed by atoms with van der Waals surface area (Å²) in [7, 11) is 0. The standard InChI is InChI=1S/C14H19N5O2/c1-10-3-5-12(6-4-10)14-16-18-19(17-14)9-13(21)15-11(2)7-8-20/h3-6,11,20H,7-9H2,1-2H3,(H,15,21). The molecule has 1 aromatic heterocycles. The van der Waals surface area contributed by atoms with E-state index < -0.39 is 0 Å². The molecule has 1 amide bonds. The van der Waals surface area contributed by atoms with Crippen LogP contribution < -0.4 is 5.32 Å². The van der Waals surface area contributed by atoms with Gasteiger partial charge in [0.25, 0.3) is 0 Å². The van der Waals surface area contributed by atoms with Crippen LogP contribution in [0.25, 0.3) is 11.4 Å². The van der Waals surface area contributed by atoms with Crippen molar-refractivity contribution in [2.24, 2.45) is 0 Å². The van der Waals surface area contributed by atoms with Gasteiger partial charge < -0.3 is 10.4 Å². The van der Waals surface area contributed by atoms with Crippen LogP contribution in [0.4, 0.5) is 0 Å². The van der Waals surface area contributed by atoms with E-state index in [1.165, 1.54) is 4.80 Å². The summed E-state index contributed by atoms with van der Waals surface area (Å²) in [6.07, 6.45) is 0.519. The second kappa shape index (κ2) is 6.94. The largest absolute Gasteiger partial charge is 0.396 e. The third-order valence-electron chi connectivity index (χ3n) is 3.02. The van der Waals surface area contributed by atoms with Crippen LogP contribution in [-0.4, -0.2) is 43.9 Å². The lowest BCUT2D eigenvalue weighted by atomic mass is 10.1. The lowest BCUT2D eigenvalue weighted by molar-refractivity contribution is -0.122. The third kappa shape index (κ3) is 4.35. The molecule has 21 heavy (non-hydrogen) atoms. The van der Waals surface area contributed by atoms with Crippen molar-refractivity contribution in [3.63, 3.8) is 0 Å². The number of benzene rings is 1. The fourth-order valence-corrected chi connectivity index (χ4v) is 1.84. The second-order valence-electron chi connectivity index (χ2n) is 4.99. The average Bonchev–Trinajstić information content (AvgIpc) is 2.88. The average molecular weight is 289 g/mol. The van der Waals surface area contributed by atoms with Crippen molar-refractivity contribution in [3.05, 3.63) is 29.8 Å². The molecule has 2 rings (SSSR count). The summed E-state index contributed by atoms with van der Waals surface area (Å²) >= 11 is 0. The highest BCUT2D eigenvalue weighted by atomic mass is 16.3. The number of hydrogen-bond acceptors (Lipinski definition) is 5. The second-order valence-corrected chi connectivity index (χ2v) is 4.99. The number of rotatable bonds is 6. The Morgan fingerprint density at radius 3 is 2.76 bits per heavy atom. The predicted molar refractivity (Wildman–Crippen MR) is 77.3 cm³/mol. The zero-order valence-corrected chi connectivity index (χ0v) is 12.2. The van der Waals surface area contributed by atoms with Gasteiger partial charge in [-0.3, -0.25) is 4.79 Å². The zero-order chi connectivity index (χ0) is 15.2. The van der Waals surface area contributed by atoms with Gasteiger partial charge in [-0.25, -0.2) is 0 Å². The Labute approximate surface area is 123 Å². The Kier molecular flexibility index (Phi) is 4.99. The van der Waals surface area contributed by atoms with Crippen molar-refractivity contribution in [1.82, 2.24) is 25.5 Å². The summed E-state index contributed by atoms with van der Waals surface area (Å²) in [5, 5.41) is 23.6. The van der Waals surface area contributed by atoms with Crippen LogP contribution in [0.5, 0.6) is 0 Å².